The van der Waals surface area contributed by atoms with Crippen molar-refractivity contribution < 1.29 is 42.6 Å². The number of aliphatic carboxylic acids is 1. The van der Waals surface area contributed by atoms with Crippen molar-refractivity contribution in [1.29, 1.82) is 0 Å². The zero-order valence-electron chi connectivity index (χ0n) is 11.8. The molecular formula is C13H26O2Y. The van der Waals surface area contributed by atoms with E-state index in [1.54, 1.807) is 0 Å². The average Bonchev–Trinajstić information content (AvgIpc) is 1.99. The van der Waals surface area contributed by atoms with Gasteiger partial charge in [0.2, 0.25) is 0 Å². The summed E-state index contributed by atoms with van der Waals surface area (Å²) in [6.45, 7) is 15.0. The second kappa shape index (κ2) is 6.49. The Hall–Kier alpha value is 0.574. The number of carboxylic acids is 1. The molecule has 0 aromatic carbocycles. The predicted molar refractivity (Wildman–Crippen MR) is 63.8 cm³/mol. The van der Waals surface area contributed by atoms with Crippen molar-refractivity contribution in [3.8, 4) is 0 Å². The molecule has 0 heterocycles. The molecule has 1 radical (unpaired) electrons. The van der Waals surface area contributed by atoms with Crippen LogP contribution in [0.3, 0.4) is 0 Å². The number of carbonyl (C=O) groups is 1. The van der Waals surface area contributed by atoms with Crippen molar-refractivity contribution in [3.63, 3.8) is 0 Å². The molecular weight excluding hydrogens is 277 g/mol. The minimum Gasteiger partial charge on any atom is -0.481 e. The molecule has 93 valence electrons. The van der Waals surface area contributed by atoms with Crippen LogP contribution < -0.4 is 0 Å². The Kier molecular flexibility index (Phi) is 7.68. The van der Waals surface area contributed by atoms with E-state index in [4.69, 9.17) is 5.11 Å². The Morgan fingerprint density at radius 1 is 1.12 bits per heavy atom. The van der Waals surface area contributed by atoms with Gasteiger partial charge in [-0.15, -0.1) is 0 Å². The van der Waals surface area contributed by atoms with Crippen molar-refractivity contribution in [2.75, 3.05) is 0 Å². The molecule has 0 aromatic rings. The van der Waals surface area contributed by atoms with Crippen LogP contribution in [0.4, 0.5) is 0 Å². The Labute approximate surface area is 125 Å². The average molecular weight is 303 g/mol. The van der Waals surface area contributed by atoms with Gasteiger partial charge >= 0.3 is 5.97 Å². The van der Waals surface area contributed by atoms with E-state index < -0.39 is 5.97 Å². The van der Waals surface area contributed by atoms with Crippen LogP contribution in [0.1, 0.15) is 54.9 Å². The van der Waals surface area contributed by atoms with Crippen molar-refractivity contribution in [2.24, 2.45) is 22.7 Å². The molecule has 2 unspecified atom stereocenters. The van der Waals surface area contributed by atoms with Gasteiger partial charge < -0.3 is 5.11 Å². The summed E-state index contributed by atoms with van der Waals surface area (Å²) in [7, 11) is 0. The number of hydrogen-bond acceptors (Lipinski definition) is 1. The minimum absolute atomic E-state index is 0. The van der Waals surface area contributed by atoms with Crippen LogP contribution in [-0.4, -0.2) is 11.1 Å². The van der Waals surface area contributed by atoms with E-state index in [9.17, 15) is 4.79 Å². The van der Waals surface area contributed by atoms with Crippen molar-refractivity contribution in [3.05, 3.63) is 0 Å². The number of hydrogen-bond donors (Lipinski definition) is 1. The van der Waals surface area contributed by atoms with Crippen LogP contribution in [0.25, 0.3) is 0 Å². The predicted octanol–water partition coefficient (Wildman–Crippen LogP) is 3.80. The van der Waals surface area contributed by atoms with Gasteiger partial charge in [0.15, 0.2) is 0 Å². The molecule has 2 nitrogen and oxygen atoms in total. The van der Waals surface area contributed by atoms with Gasteiger partial charge in [-0.3, -0.25) is 4.79 Å². The summed E-state index contributed by atoms with van der Waals surface area (Å²) in [5.41, 5.74) is 0.0125. The molecule has 0 spiro atoms. The van der Waals surface area contributed by atoms with Gasteiger partial charge in [-0.25, -0.2) is 0 Å². The Morgan fingerprint density at radius 2 is 1.50 bits per heavy atom. The van der Waals surface area contributed by atoms with Crippen LogP contribution in [0.15, 0.2) is 0 Å². The third-order valence-electron chi connectivity index (χ3n) is 4.14. The summed E-state index contributed by atoms with van der Waals surface area (Å²) in [5.74, 6) is 0.0613. The van der Waals surface area contributed by atoms with Crippen LogP contribution in [0, 0.1) is 22.7 Å². The van der Waals surface area contributed by atoms with Crippen LogP contribution in [-0.2, 0) is 37.5 Å². The van der Waals surface area contributed by atoms with Gasteiger partial charge in [0.1, 0.15) is 0 Å². The molecule has 0 aliphatic rings. The van der Waals surface area contributed by atoms with E-state index in [-0.39, 0.29) is 50.0 Å². The summed E-state index contributed by atoms with van der Waals surface area (Å²) >= 11 is 0. The second-order valence-electron chi connectivity index (χ2n) is 6.32. The van der Waals surface area contributed by atoms with Crippen molar-refractivity contribution >= 4 is 5.97 Å². The molecule has 16 heavy (non-hydrogen) atoms. The topological polar surface area (TPSA) is 37.3 Å². The van der Waals surface area contributed by atoms with Gasteiger partial charge in [-0.2, -0.15) is 0 Å². The monoisotopic (exact) mass is 303 g/mol. The standard InChI is InChI=1S/C13H26O2.Y/c1-9(2)13(7,8-11(14)15)10(3)12(4,5)6;/h9-10H,8H2,1-7H3,(H,14,15);. The van der Waals surface area contributed by atoms with E-state index in [0.717, 1.165) is 0 Å². The first-order valence-corrected chi connectivity index (χ1v) is 5.73. The van der Waals surface area contributed by atoms with Gasteiger partial charge in [0.25, 0.3) is 0 Å². The third-order valence-corrected chi connectivity index (χ3v) is 4.14. The van der Waals surface area contributed by atoms with Crippen molar-refractivity contribution in [2.45, 2.75) is 54.9 Å². The first kappa shape index (κ1) is 18.9. The summed E-state index contributed by atoms with van der Waals surface area (Å²) in [5, 5.41) is 9.01. The van der Waals surface area contributed by atoms with E-state index >= 15 is 0 Å². The van der Waals surface area contributed by atoms with Crippen LogP contribution in [0.2, 0.25) is 0 Å². The maximum absolute atomic E-state index is 11.0. The summed E-state index contributed by atoms with van der Waals surface area (Å²) in [6, 6.07) is 0. The molecule has 0 aliphatic carbocycles. The fraction of sp³-hybridized carbons (Fsp3) is 0.923. The van der Waals surface area contributed by atoms with E-state index in [1.165, 1.54) is 0 Å². The number of carboxylic acid groups (broad SMARTS) is 1. The van der Waals surface area contributed by atoms with Crippen LogP contribution >= 0.6 is 0 Å². The van der Waals surface area contributed by atoms with Crippen LogP contribution in [0.5, 0.6) is 0 Å². The molecule has 0 aromatic heterocycles. The smallest absolute Gasteiger partial charge is 0.303 e. The molecule has 2 atom stereocenters. The fourth-order valence-corrected chi connectivity index (χ4v) is 2.17. The Morgan fingerprint density at radius 3 is 1.69 bits per heavy atom. The molecule has 0 rings (SSSR count). The molecule has 0 aliphatic heterocycles. The summed E-state index contributed by atoms with van der Waals surface area (Å²) < 4.78 is 0. The van der Waals surface area contributed by atoms with E-state index in [1.807, 2.05) is 0 Å². The zero-order chi connectivity index (χ0) is 12.4. The third kappa shape index (κ3) is 4.83. The largest absolute Gasteiger partial charge is 0.481 e. The maximum atomic E-state index is 11.0. The molecule has 3 heteroatoms. The summed E-state index contributed by atoms with van der Waals surface area (Å²) in [4.78, 5) is 11.0. The quantitative estimate of drug-likeness (QED) is 0.857. The SMILES string of the molecule is CC(C)C(C)(CC(=O)O)C(C)C(C)(C)C.[Y]. The van der Waals surface area contributed by atoms with Gasteiger partial charge in [-0.05, 0) is 22.7 Å². The van der Waals surface area contributed by atoms with E-state index in [2.05, 4.69) is 48.5 Å². The first-order chi connectivity index (χ1) is 6.51. The Bertz CT molecular complexity index is 231. The molecule has 0 fully saturated rings. The zero-order valence-corrected chi connectivity index (χ0v) is 14.6. The Balaban J connectivity index is 0. The molecule has 0 amide bonds. The molecule has 0 bridgehead atoms. The maximum Gasteiger partial charge on any atom is 0.303 e. The molecule has 0 saturated heterocycles. The second-order valence-corrected chi connectivity index (χ2v) is 6.32. The molecule has 1 N–H and O–H groups in total. The van der Waals surface area contributed by atoms with Gasteiger partial charge in [0, 0.05) is 32.7 Å². The van der Waals surface area contributed by atoms with Gasteiger partial charge in [0.05, 0.1) is 6.42 Å². The van der Waals surface area contributed by atoms with E-state index in [0.29, 0.717) is 11.8 Å². The fourth-order valence-electron chi connectivity index (χ4n) is 2.17. The normalized spacial score (nSPS) is 17.5. The minimum atomic E-state index is -0.692. The number of rotatable bonds is 4. The first-order valence-electron chi connectivity index (χ1n) is 5.73. The molecule has 0 saturated carbocycles. The van der Waals surface area contributed by atoms with Crippen molar-refractivity contribution in [1.82, 2.24) is 0 Å². The summed E-state index contributed by atoms with van der Waals surface area (Å²) in [6.07, 6.45) is 0.253. The van der Waals surface area contributed by atoms with Gasteiger partial charge in [-0.1, -0.05) is 48.5 Å².